The van der Waals surface area contributed by atoms with Crippen LogP contribution in [0.25, 0.3) is 22.6 Å². The molecule has 1 aliphatic heterocycles. The molecule has 0 saturated carbocycles. The fourth-order valence-electron chi connectivity index (χ4n) is 5.05. The standard InChI is InChI=1S/C21H31BF2N2O3Si.C14H21BN3O3Si/c1-20(2)21(3,4)29-22(28-20)17-13-25-26(14-27-10-11-30(5,6)7)19(17)16-9-8-15(23)12-18(16)24;1-22(2,3)9-8-20-11-18-14(12-6-4-5-7-16-12)13(10-17-18)21-15-19/h8-9,12-13H,10-11,14H2,1-7H3;4-7,10,19H,8-9,11H2,1-3H3. The first kappa shape index (κ1) is 41.6. The molecule has 11 nitrogen and oxygen atoms in total. The Balaban J connectivity index is 0.000000244. The highest BCUT2D eigenvalue weighted by Crippen LogP contribution is 2.37. The third-order valence-corrected chi connectivity index (χ3v) is 12.3. The minimum Gasteiger partial charge on any atom is -0.535 e. The van der Waals surface area contributed by atoms with Crippen LogP contribution in [0.2, 0.25) is 51.4 Å². The largest absolute Gasteiger partial charge is 0.569 e. The van der Waals surface area contributed by atoms with E-state index in [-0.39, 0.29) is 12.3 Å². The number of benzene rings is 1. The van der Waals surface area contributed by atoms with Crippen LogP contribution >= 0.6 is 0 Å². The number of ether oxygens (including phenoxy) is 2. The van der Waals surface area contributed by atoms with Crippen molar-refractivity contribution in [3.63, 3.8) is 0 Å². The van der Waals surface area contributed by atoms with Gasteiger partial charge in [0.25, 0.3) is 0 Å². The van der Waals surface area contributed by atoms with Crippen LogP contribution in [-0.4, -0.2) is 84.9 Å². The fourth-order valence-corrected chi connectivity index (χ4v) is 6.56. The molecule has 0 bridgehead atoms. The van der Waals surface area contributed by atoms with Crippen molar-refractivity contribution in [1.82, 2.24) is 24.5 Å². The maximum absolute atomic E-state index is 14.7. The first-order chi connectivity index (χ1) is 24.3. The van der Waals surface area contributed by atoms with E-state index in [4.69, 9.17) is 28.5 Å². The highest BCUT2D eigenvalue weighted by molar-refractivity contribution is 6.76. The molecule has 17 heteroatoms. The molecule has 0 aliphatic carbocycles. The van der Waals surface area contributed by atoms with Gasteiger partial charge in [-0.2, -0.15) is 10.2 Å². The van der Waals surface area contributed by atoms with Gasteiger partial charge in [-0.05, 0) is 64.0 Å². The molecular weight excluding hydrogens is 702 g/mol. The summed E-state index contributed by atoms with van der Waals surface area (Å²) >= 11 is 0. The summed E-state index contributed by atoms with van der Waals surface area (Å²) in [5.74, 6) is -0.863. The average Bonchev–Trinajstić information content (AvgIpc) is 3.70. The van der Waals surface area contributed by atoms with E-state index < -0.39 is 46.1 Å². The summed E-state index contributed by atoms with van der Waals surface area (Å²) in [5, 5.41) is 17.5. The van der Waals surface area contributed by atoms with E-state index in [1.54, 1.807) is 28.0 Å². The predicted molar refractivity (Wildman–Crippen MR) is 206 cm³/mol. The number of nitrogens with zero attached hydrogens (tertiary/aromatic N) is 5. The van der Waals surface area contributed by atoms with Crippen LogP contribution in [0, 0.1) is 11.6 Å². The Bertz CT molecular complexity index is 1730. The number of rotatable bonds is 15. The lowest BCUT2D eigenvalue weighted by molar-refractivity contribution is 0.00578. The minimum atomic E-state index is -1.23. The third kappa shape index (κ3) is 11.2. The smallest absolute Gasteiger partial charge is 0.535 e. The molecule has 52 heavy (non-hydrogen) atoms. The molecule has 0 amide bonds. The van der Waals surface area contributed by atoms with Gasteiger partial charge in [-0.3, -0.25) is 4.98 Å². The number of aromatic nitrogens is 5. The van der Waals surface area contributed by atoms with E-state index >= 15 is 0 Å². The van der Waals surface area contributed by atoms with Gasteiger partial charge in [-0.25, -0.2) is 18.1 Å². The molecule has 1 aromatic carbocycles. The van der Waals surface area contributed by atoms with Gasteiger partial charge in [0.2, 0.25) is 0 Å². The highest BCUT2D eigenvalue weighted by atomic mass is 28.3. The maximum atomic E-state index is 14.7. The van der Waals surface area contributed by atoms with Gasteiger partial charge < -0.3 is 28.5 Å². The Morgan fingerprint density at radius 2 is 1.40 bits per heavy atom. The van der Waals surface area contributed by atoms with Crippen LogP contribution in [0.4, 0.5) is 8.78 Å². The molecule has 0 unspecified atom stereocenters. The molecule has 4 aromatic rings. The van der Waals surface area contributed by atoms with Crippen molar-refractivity contribution in [2.75, 3.05) is 13.2 Å². The molecule has 1 fully saturated rings. The first-order valence-corrected chi connectivity index (χ1v) is 24.9. The average molecular weight is 755 g/mol. The zero-order chi connectivity index (χ0) is 38.3. The van der Waals surface area contributed by atoms with E-state index in [9.17, 15) is 8.78 Å². The highest BCUT2D eigenvalue weighted by Gasteiger charge is 2.53. The van der Waals surface area contributed by atoms with Gasteiger partial charge in [-0.1, -0.05) is 45.3 Å². The second-order valence-electron chi connectivity index (χ2n) is 16.2. The molecule has 3 aromatic heterocycles. The van der Waals surface area contributed by atoms with Crippen LogP contribution < -0.4 is 10.1 Å². The topological polar surface area (TPSA) is 115 Å². The van der Waals surface area contributed by atoms with Crippen molar-refractivity contribution in [3.8, 4) is 28.4 Å². The zero-order valence-corrected chi connectivity index (χ0v) is 34.1. The Morgan fingerprint density at radius 1 is 0.827 bits per heavy atom. The lowest BCUT2D eigenvalue weighted by atomic mass is 9.78. The zero-order valence-electron chi connectivity index (χ0n) is 32.1. The molecule has 1 saturated heterocycles. The summed E-state index contributed by atoms with van der Waals surface area (Å²) in [6.07, 6.45) is 4.85. The van der Waals surface area contributed by atoms with Gasteiger partial charge >= 0.3 is 14.8 Å². The summed E-state index contributed by atoms with van der Waals surface area (Å²) in [4.78, 5) is 4.31. The molecule has 0 atom stereocenters. The molecule has 0 spiro atoms. The van der Waals surface area contributed by atoms with E-state index in [1.165, 1.54) is 12.1 Å². The van der Waals surface area contributed by atoms with Crippen LogP contribution in [0.3, 0.4) is 0 Å². The van der Waals surface area contributed by atoms with Gasteiger partial charge in [0.1, 0.15) is 36.5 Å². The lowest BCUT2D eigenvalue weighted by Gasteiger charge is -2.32. The van der Waals surface area contributed by atoms with E-state index in [2.05, 4.69) is 54.5 Å². The van der Waals surface area contributed by atoms with E-state index in [0.717, 1.165) is 18.2 Å². The van der Waals surface area contributed by atoms with Crippen LogP contribution in [0.15, 0.2) is 55.0 Å². The van der Waals surface area contributed by atoms with Crippen molar-refractivity contribution in [1.29, 1.82) is 0 Å². The number of hydrogen-bond acceptors (Lipinski definition) is 9. The fraction of sp³-hybridized carbons (Fsp3) is 0.514. The number of hydrogen-bond donors (Lipinski definition) is 1. The van der Waals surface area contributed by atoms with E-state index in [1.807, 2.05) is 45.9 Å². The van der Waals surface area contributed by atoms with Gasteiger partial charge in [-0.15, -0.1) is 0 Å². The lowest BCUT2D eigenvalue weighted by Crippen LogP contribution is -2.41. The molecule has 1 N–H and O–H groups in total. The van der Waals surface area contributed by atoms with Gasteiger partial charge in [0.15, 0.2) is 0 Å². The maximum Gasteiger partial charge on any atom is 0.569 e. The Morgan fingerprint density at radius 3 is 1.92 bits per heavy atom. The number of pyridine rings is 1. The van der Waals surface area contributed by atoms with Crippen molar-refractivity contribution in [3.05, 3.63) is 66.6 Å². The van der Waals surface area contributed by atoms with Gasteiger partial charge in [0, 0.05) is 58.8 Å². The Kier molecular flexibility index (Phi) is 13.8. The number of halogens is 2. The van der Waals surface area contributed by atoms with Crippen molar-refractivity contribution >= 4 is 36.4 Å². The first-order valence-electron chi connectivity index (χ1n) is 17.4. The molecule has 1 aliphatic rings. The van der Waals surface area contributed by atoms with Crippen LogP contribution in [-0.2, 0) is 32.2 Å². The monoisotopic (exact) mass is 754 g/mol. The minimum absolute atomic E-state index is 0.163. The van der Waals surface area contributed by atoms with Crippen LogP contribution in [0.1, 0.15) is 27.7 Å². The van der Waals surface area contributed by atoms with Crippen molar-refractivity contribution in [2.45, 2.75) is 104 Å². The summed E-state index contributed by atoms with van der Waals surface area (Å²) in [5.41, 5.74) is 1.59. The Labute approximate surface area is 309 Å². The predicted octanol–water partition coefficient (Wildman–Crippen LogP) is 6.60. The molecule has 281 valence electrons. The molecule has 5 rings (SSSR count). The summed E-state index contributed by atoms with van der Waals surface area (Å²) in [7, 11) is -2.42. The van der Waals surface area contributed by atoms with E-state index in [0.29, 0.717) is 55.9 Å². The Hall–Kier alpha value is -3.19. The van der Waals surface area contributed by atoms with Crippen molar-refractivity contribution < 1.29 is 37.2 Å². The molecule has 1 radical (unpaired) electrons. The quantitative estimate of drug-likeness (QED) is 0.106. The van der Waals surface area contributed by atoms with Gasteiger partial charge in [0.05, 0.1) is 28.8 Å². The van der Waals surface area contributed by atoms with Crippen molar-refractivity contribution in [2.24, 2.45) is 0 Å². The second kappa shape index (κ2) is 17.3. The SMILES string of the molecule is CC1(C)OB(c2cnn(COCC[Si](C)(C)C)c2-c2ccc(F)cc2F)OC1(C)C.C[Si](C)(C)CCOCn1ncc(O[B]O)c1-c1ccccn1. The normalized spacial score (nSPS) is 15.4. The summed E-state index contributed by atoms with van der Waals surface area (Å²) in [6.45, 7) is 23.4. The summed E-state index contributed by atoms with van der Waals surface area (Å²) in [6, 6.07) is 11.2. The summed E-state index contributed by atoms with van der Waals surface area (Å²) < 4.78 is 60.5. The van der Waals surface area contributed by atoms with Crippen LogP contribution in [0.5, 0.6) is 5.75 Å². The molecular formula is C35H52B2F2N5O6Si2. The third-order valence-electron chi connectivity index (χ3n) is 8.87. The second-order valence-corrected chi connectivity index (χ2v) is 27.4. The molecule has 4 heterocycles.